The Labute approximate surface area is 227 Å². The molecule has 0 aliphatic heterocycles. The third kappa shape index (κ3) is 7.49. The van der Waals surface area contributed by atoms with Crippen molar-refractivity contribution >= 4 is 27.5 Å². The van der Waals surface area contributed by atoms with Gasteiger partial charge < -0.3 is 15.0 Å². The molecule has 1 aliphatic carbocycles. The first kappa shape index (κ1) is 29.5. The maximum atomic E-state index is 13.9. The van der Waals surface area contributed by atoms with Crippen molar-refractivity contribution in [1.29, 1.82) is 0 Å². The Balaban J connectivity index is 1.96. The monoisotopic (exact) mass is 543 g/mol. The number of rotatable bonds is 12. The Kier molecular flexibility index (Phi) is 10.2. The first-order valence-electron chi connectivity index (χ1n) is 13.3. The number of nitrogens with zero attached hydrogens (tertiary/aromatic N) is 2. The van der Waals surface area contributed by atoms with Gasteiger partial charge in [-0.15, -0.1) is 0 Å². The zero-order valence-corrected chi connectivity index (χ0v) is 24.0. The number of nitrogens with one attached hydrogen (secondary N) is 1. The van der Waals surface area contributed by atoms with E-state index in [4.69, 9.17) is 4.74 Å². The second-order valence-corrected chi connectivity index (χ2v) is 12.2. The van der Waals surface area contributed by atoms with Gasteiger partial charge in [0.05, 0.1) is 19.1 Å². The van der Waals surface area contributed by atoms with E-state index in [1.807, 2.05) is 45.0 Å². The van der Waals surface area contributed by atoms with E-state index in [2.05, 4.69) is 5.32 Å². The molecule has 38 heavy (non-hydrogen) atoms. The predicted molar refractivity (Wildman–Crippen MR) is 151 cm³/mol. The summed E-state index contributed by atoms with van der Waals surface area (Å²) in [6.07, 6.45) is 5.53. The quantitative estimate of drug-likeness (QED) is 0.427. The van der Waals surface area contributed by atoms with Gasteiger partial charge in [-0.25, -0.2) is 8.42 Å². The zero-order chi connectivity index (χ0) is 27.9. The van der Waals surface area contributed by atoms with Crippen LogP contribution in [-0.2, 0) is 26.2 Å². The molecule has 0 aromatic heterocycles. The topological polar surface area (TPSA) is 96.0 Å². The van der Waals surface area contributed by atoms with Crippen molar-refractivity contribution in [2.24, 2.45) is 0 Å². The molecule has 1 fully saturated rings. The van der Waals surface area contributed by atoms with Gasteiger partial charge >= 0.3 is 0 Å². The second-order valence-electron chi connectivity index (χ2n) is 10.3. The number of hydrogen-bond acceptors (Lipinski definition) is 5. The van der Waals surface area contributed by atoms with Crippen LogP contribution in [0.15, 0.2) is 48.5 Å². The maximum Gasteiger partial charge on any atom is 0.244 e. The Morgan fingerprint density at radius 1 is 1.05 bits per heavy atom. The van der Waals surface area contributed by atoms with E-state index >= 15 is 0 Å². The van der Waals surface area contributed by atoms with Crippen molar-refractivity contribution in [3.8, 4) is 5.75 Å². The molecular weight excluding hydrogens is 502 g/mol. The molecule has 3 rings (SSSR count). The van der Waals surface area contributed by atoms with Crippen LogP contribution in [0.5, 0.6) is 5.75 Å². The number of sulfonamides is 1. The second kappa shape index (κ2) is 13.1. The number of para-hydroxylation sites is 1. The standard InChI is InChI=1S/C29H41N3O5S/c1-6-26(29(34)30-23-11-7-8-12-23)31(19-22-15-17-24(37-4)18-16-22)28(33)20-32(38(5,35)36)27-14-10-9-13-25(27)21(2)3/h9-10,13-18,21,23,26H,6-8,11-12,19-20H2,1-5H3,(H,30,34)/t26-/m1/s1. The van der Waals surface area contributed by atoms with Crippen LogP contribution in [-0.4, -0.2) is 57.1 Å². The summed E-state index contributed by atoms with van der Waals surface area (Å²) in [5, 5.41) is 3.12. The van der Waals surface area contributed by atoms with E-state index in [-0.39, 0.29) is 24.4 Å². The number of carbonyl (C=O) groups is 2. The van der Waals surface area contributed by atoms with Gasteiger partial charge in [-0.3, -0.25) is 13.9 Å². The lowest BCUT2D eigenvalue weighted by molar-refractivity contribution is -0.140. The van der Waals surface area contributed by atoms with E-state index in [9.17, 15) is 18.0 Å². The molecule has 9 heteroatoms. The van der Waals surface area contributed by atoms with Crippen molar-refractivity contribution in [1.82, 2.24) is 10.2 Å². The summed E-state index contributed by atoms with van der Waals surface area (Å²) in [6, 6.07) is 13.9. The summed E-state index contributed by atoms with van der Waals surface area (Å²) in [6.45, 7) is 5.61. The summed E-state index contributed by atoms with van der Waals surface area (Å²) in [4.78, 5) is 28.9. The Hall–Kier alpha value is -3.07. The fourth-order valence-electron chi connectivity index (χ4n) is 5.01. The molecule has 1 atom stereocenters. The summed E-state index contributed by atoms with van der Waals surface area (Å²) in [7, 11) is -2.20. The maximum absolute atomic E-state index is 13.9. The van der Waals surface area contributed by atoms with Crippen LogP contribution in [0, 0.1) is 0 Å². The van der Waals surface area contributed by atoms with Gasteiger partial charge in [0.2, 0.25) is 21.8 Å². The highest BCUT2D eigenvalue weighted by Crippen LogP contribution is 2.29. The average molecular weight is 544 g/mol. The lowest BCUT2D eigenvalue weighted by Crippen LogP contribution is -2.53. The van der Waals surface area contributed by atoms with Gasteiger partial charge in [0.1, 0.15) is 18.3 Å². The van der Waals surface area contributed by atoms with Crippen LogP contribution >= 0.6 is 0 Å². The number of anilines is 1. The van der Waals surface area contributed by atoms with E-state index in [0.717, 1.165) is 47.4 Å². The summed E-state index contributed by atoms with van der Waals surface area (Å²) in [5.74, 6) is 0.112. The number of carbonyl (C=O) groups excluding carboxylic acids is 2. The number of methoxy groups -OCH3 is 1. The normalized spacial score (nSPS) is 14.8. The van der Waals surface area contributed by atoms with Crippen LogP contribution in [0.1, 0.15) is 69.9 Å². The Morgan fingerprint density at radius 2 is 1.68 bits per heavy atom. The zero-order valence-electron chi connectivity index (χ0n) is 23.1. The molecule has 8 nitrogen and oxygen atoms in total. The van der Waals surface area contributed by atoms with Crippen molar-refractivity contribution in [2.75, 3.05) is 24.2 Å². The average Bonchev–Trinajstić information content (AvgIpc) is 3.39. The molecule has 2 amide bonds. The minimum absolute atomic E-state index is 0.0570. The van der Waals surface area contributed by atoms with E-state index in [1.165, 1.54) is 4.90 Å². The highest BCUT2D eigenvalue weighted by atomic mass is 32.2. The van der Waals surface area contributed by atoms with Crippen molar-refractivity contribution in [2.45, 2.75) is 77.4 Å². The third-order valence-electron chi connectivity index (χ3n) is 7.11. The number of benzene rings is 2. The minimum Gasteiger partial charge on any atom is -0.497 e. The molecule has 1 N–H and O–H groups in total. The fourth-order valence-corrected chi connectivity index (χ4v) is 5.88. The van der Waals surface area contributed by atoms with Gasteiger partial charge in [0.25, 0.3) is 0 Å². The first-order chi connectivity index (χ1) is 18.0. The van der Waals surface area contributed by atoms with Crippen LogP contribution in [0.3, 0.4) is 0 Å². The molecule has 0 saturated heterocycles. The Morgan fingerprint density at radius 3 is 2.24 bits per heavy atom. The molecule has 0 spiro atoms. The van der Waals surface area contributed by atoms with Crippen molar-refractivity contribution in [3.63, 3.8) is 0 Å². The highest BCUT2D eigenvalue weighted by Gasteiger charge is 2.33. The molecule has 2 aromatic rings. The molecule has 1 aliphatic rings. The summed E-state index contributed by atoms with van der Waals surface area (Å²) >= 11 is 0. The smallest absolute Gasteiger partial charge is 0.244 e. The van der Waals surface area contributed by atoms with Gasteiger partial charge in [-0.05, 0) is 54.5 Å². The highest BCUT2D eigenvalue weighted by molar-refractivity contribution is 7.92. The summed E-state index contributed by atoms with van der Waals surface area (Å²) in [5.41, 5.74) is 2.13. The molecule has 208 valence electrons. The number of hydrogen-bond donors (Lipinski definition) is 1. The van der Waals surface area contributed by atoms with Crippen LogP contribution in [0.4, 0.5) is 5.69 Å². The lowest BCUT2D eigenvalue weighted by Gasteiger charge is -2.34. The minimum atomic E-state index is -3.79. The molecule has 0 heterocycles. The van der Waals surface area contributed by atoms with Crippen LogP contribution < -0.4 is 14.4 Å². The number of ether oxygens (including phenoxy) is 1. The van der Waals surface area contributed by atoms with Gasteiger partial charge in [0, 0.05) is 12.6 Å². The van der Waals surface area contributed by atoms with Gasteiger partial charge in [0.15, 0.2) is 0 Å². The van der Waals surface area contributed by atoms with E-state index < -0.39 is 28.5 Å². The third-order valence-corrected chi connectivity index (χ3v) is 8.23. The molecular formula is C29H41N3O5S. The number of amides is 2. The fraction of sp³-hybridized carbons (Fsp3) is 0.517. The largest absolute Gasteiger partial charge is 0.497 e. The molecule has 0 bridgehead atoms. The van der Waals surface area contributed by atoms with Gasteiger partial charge in [-0.1, -0.05) is 63.9 Å². The molecule has 2 aromatic carbocycles. The molecule has 0 unspecified atom stereocenters. The molecule has 1 saturated carbocycles. The van der Waals surface area contributed by atoms with Crippen molar-refractivity contribution < 1.29 is 22.7 Å². The van der Waals surface area contributed by atoms with Crippen LogP contribution in [0.2, 0.25) is 0 Å². The van der Waals surface area contributed by atoms with E-state index in [0.29, 0.717) is 17.9 Å². The van der Waals surface area contributed by atoms with Crippen LogP contribution in [0.25, 0.3) is 0 Å². The first-order valence-corrected chi connectivity index (χ1v) is 15.2. The SMILES string of the molecule is CC[C@H](C(=O)NC1CCCC1)N(Cc1ccc(OC)cc1)C(=O)CN(c1ccccc1C(C)C)S(C)(=O)=O. The summed E-state index contributed by atoms with van der Waals surface area (Å²) < 4.78 is 32.3. The van der Waals surface area contributed by atoms with E-state index in [1.54, 1.807) is 31.4 Å². The molecule has 0 radical (unpaired) electrons. The predicted octanol–water partition coefficient (Wildman–Crippen LogP) is 4.45. The van der Waals surface area contributed by atoms with Gasteiger partial charge in [-0.2, -0.15) is 0 Å². The van der Waals surface area contributed by atoms with Crippen molar-refractivity contribution in [3.05, 3.63) is 59.7 Å². The lowest BCUT2D eigenvalue weighted by atomic mass is 10.0. The Bertz CT molecular complexity index is 1190.